The van der Waals surface area contributed by atoms with Gasteiger partial charge < -0.3 is 10.0 Å². The Morgan fingerprint density at radius 2 is 1.94 bits per heavy atom. The summed E-state index contributed by atoms with van der Waals surface area (Å²) in [6, 6.07) is 0.705. The summed E-state index contributed by atoms with van der Waals surface area (Å²) in [5, 5.41) is 8.68. The third-order valence-electron chi connectivity index (χ3n) is 4.57. The maximum absolute atomic E-state index is 10.5. The lowest BCUT2D eigenvalue weighted by molar-refractivity contribution is -0.137. The molecule has 2 fully saturated rings. The SMILES string of the molecule is CC(CC1CCC1)N1CCN(CCC(=O)O)CC1. The van der Waals surface area contributed by atoms with E-state index in [4.69, 9.17) is 5.11 Å². The Bertz CT molecular complexity index is 271. The third-order valence-corrected chi connectivity index (χ3v) is 4.57. The highest BCUT2D eigenvalue weighted by Crippen LogP contribution is 2.31. The molecule has 18 heavy (non-hydrogen) atoms. The number of hydrogen-bond acceptors (Lipinski definition) is 3. The molecule has 104 valence electrons. The normalized spacial score (nSPS) is 24.7. The van der Waals surface area contributed by atoms with Gasteiger partial charge in [0.15, 0.2) is 0 Å². The Balaban J connectivity index is 1.64. The lowest BCUT2D eigenvalue weighted by Crippen LogP contribution is -2.50. The van der Waals surface area contributed by atoms with Crippen LogP contribution in [0.15, 0.2) is 0 Å². The van der Waals surface area contributed by atoms with E-state index < -0.39 is 5.97 Å². The lowest BCUT2D eigenvalue weighted by atomic mass is 9.81. The van der Waals surface area contributed by atoms with Gasteiger partial charge in [0.05, 0.1) is 6.42 Å². The van der Waals surface area contributed by atoms with Gasteiger partial charge in [0, 0.05) is 38.8 Å². The second kappa shape index (κ2) is 6.53. The van der Waals surface area contributed by atoms with Crippen molar-refractivity contribution in [1.82, 2.24) is 9.80 Å². The number of nitrogens with zero attached hydrogens (tertiary/aromatic N) is 2. The Kier molecular flexibility index (Phi) is 5.01. The molecular formula is C14H26N2O2. The summed E-state index contributed by atoms with van der Waals surface area (Å²) >= 11 is 0. The molecule has 0 aromatic carbocycles. The lowest BCUT2D eigenvalue weighted by Gasteiger charge is -2.40. The van der Waals surface area contributed by atoms with Crippen LogP contribution in [0.2, 0.25) is 0 Å². The molecule has 1 N–H and O–H groups in total. The first-order valence-corrected chi connectivity index (χ1v) is 7.33. The molecule has 4 nitrogen and oxygen atoms in total. The van der Waals surface area contributed by atoms with Crippen LogP contribution in [0.25, 0.3) is 0 Å². The molecule has 2 aliphatic rings. The topological polar surface area (TPSA) is 43.8 Å². The van der Waals surface area contributed by atoms with E-state index in [1.165, 1.54) is 25.7 Å². The molecule has 1 saturated carbocycles. The fraction of sp³-hybridized carbons (Fsp3) is 0.929. The van der Waals surface area contributed by atoms with Crippen molar-refractivity contribution in [2.45, 2.75) is 45.1 Å². The fourth-order valence-electron chi connectivity index (χ4n) is 3.04. The first kappa shape index (κ1) is 13.8. The number of hydrogen-bond donors (Lipinski definition) is 1. The number of carbonyl (C=O) groups is 1. The van der Waals surface area contributed by atoms with Crippen molar-refractivity contribution in [3.8, 4) is 0 Å². The van der Waals surface area contributed by atoms with Crippen molar-refractivity contribution >= 4 is 5.97 Å². The van der Waals surface area contributed by atoms with Crippen LogP contribution in [0.5, 0.6) is 0 Å². The standard InChI is InChI=1S/C14H26N2O2/c1-12(11-13-3-2-4-13)16-9-7-15(8-10-16)6-5-14(17)18/h12-13H,2-11H2,1H3,(H,17,18). The molecule has 1 heterocycles. The molecule has 1 saturated heterocycles. The minimum absolute atomic E-state index is 0.275. The van der Waals surface area contributed by atoms with E-state index in [0.717, 1.165) is 32.1 Å². The molecule has 0 spiro atoms. The van der Waals surface area contributed by atoms with Crippen LogP contribution in [-0.4, -0.2) is 59.6 Å². The second-order valence-corrected chi connectivity index (χ2v) is 5.90. The molecule has 1 unspecified atom stereocenters. The predicted octanol–water partition coefficient (Wildman–Crippen LogP) is 1.66. The maximum atomic E-state index is 10.5. The van der Waals surface area contributed by atoms with Gasteiger partial charge in [0.25, 0.3) is 0 Å². The average Bonchev–Trinajstić information content (AvgIpc) is 2.31. The molecule has 0 amide bonds. The second-order valence-electron chi connectivity index (χ2n) is 5.90. The molecule has 0 aromatic heterocycles. The predicted molar refractivity (Wildman–Crippen MR) is 71.7 cm³/mol. The van der Waals surface area contributed by atoms with Crippen molar-refractivity contribution in [2.24, 2.45) is 5.92 Å². The van der Waals surface area contributed by atoms with Crippen molar-refractivity contribution in [3.05, 3.63) is 0 Å². The van der Waals surface area contributed by atoms with Gasteiger partial charge >= 0.3 is 5.97 Å². The highest BCUT2D eigenvalue weighted by molar-refractivity contribution is 5.66. The largest absolute Gasteiger partial charge is 0.481 e. The summed E-state index contributed by atoms with van der Waals surface area (Å²) in [4.78, 5) is 15.4. The summed E-state index contributed by atoms with van der Waals surface area (Å²) in [6.45, 7) is 7.33. The van der Waals surface area contributed by atoms with Crippen molar-refractivity contribution < 1.29 is 9.90 Å². The van der Waals surface area contributed by atoms with E-state index in [9.17, 15) is 4.79 Å². The number of carboxylic acids is 1. The van der Waals surface area contributed by atoms with Gasteiger partial charge in [-0.25, -0.2) is 0 Å². The van der Waals surface area contributed by atoms with Crippen LogP contribution in [0.1, 0.15) is 39.0 Å². The Labute approximate surface area is 110 Å². The van der Waals surface area contributed by atoms with Gasteiger partial charge in [-0.3, -0.25) is 9.69 Å². The van der Waals surface area contributed by atoms with Crippen molar-refractivity contribution in [1.29, 1.82) is 0 Å². The van der Waals surface area contributed by atoms with Crippen LogP contribution >= 0.6 is 0 Å². The molecule has 1 aliphatic heterocycles. The average molecular weight is 254 g/mol. The van der Waals surface area contributed by atoms with Gasteiger partial charge in [-0.2, -0.15) is 0 Å². The zero-order valence-corrected chi connectivity index (χ0v) is 11.5. The summed E-state index contributed by atoms with van der Waals surface area (Å²) in [5.41, 5.74) is 0. The number of piperazine rings is 1. The summed E-state index contributed by atoms with van der Waals surface area (Å²) in [5.74, 6) is 0.292. The Morgan fingerprint density at radius 3 is 2.44 bits per heavy atom. The van der Waals surface area contributed by atoms with Crippen LogP contribution < -0.4 is 0 Å². The van der Waals surface area contributed by atoms with E-state index in [1.807, 2.05) is 0 Å². The Morgan fingerprint density at radius 1 is 1.28 bits per heavy atom. The molecule has 0 radical (unpaired) electrons. The minimum atomic E-state index is -0.684. The molecule has 0 aromatic rings. The third kappa shape index (κ3) is 3.95. The fourth-order valence-corrected chi connectivity index (χ4v) is 3.04. The van der Waals surface area contributed by atoms with E-state index in [1.54, 1.807) is 0 Å². The van der Waals surface area contributed by atoms with E-state index in [2.05, 4.69) is 16.7 Å². The molecule has 1 atom stereocenters. The first-order valence-electron chi connectivity index (χ1n) is 7.33. The quantitative estimate of drug-likeness (QED) is 0.783. The van der Waals surface area contributed by atoms with Gasteiger partial charge in [0.1, 0.15) is 0 Å². The van der Waals surface area contributed by atoms with Crippen LogP contribution in [0.3, 0.4) is 0 Å². The van der Waals surface area contributed by atoms with Crippen LogP contribution in [0.4, 0.5) is 0 Å². The summed E-state index contributed by atoms with van der Waals surface area (Å²) < 4.78 is 0. The van der Waals surface area contributed by atoms with Crippen molar-refractivity contribution in [3.63, 3.8) is 0 Å². The van der Waals surface area contributed by atoms with E-state index in [0.29, 0.717) is 12.6 Å². The van der Waals surface area contributed by atoms with Gasteiger partial charge in [-0.05, 0) is 19.3 Å². The number of aliphatic carboxylic acids is 1. The molecule has 2 rings (SSSR count). The van der Waals surface area contributed by atoms with Gasteiger partial charge in [-0.15, -0.1) is 0 Å². The van der Waals surface area contributed by atoms with E-state index in [-0.39, 0.29) is 6.42 Å². The summed E-state index contributed by atoms with van der Waals surface area (Å²) in [6.07, 6.45) is 5.93. The highest BCUT2D eigenvalue weighted by Gasteiger charge is 2.25. The first-order chi connectivity index (χ1) is 8.65. The molecule has 4 heteroatoms. The van der Waals surface area contributed by atoms with Gasteiger partial charge in [-0.1, -0.05) is 19.3 Å². The Hall–Kier alpha value is -0.610. The maximum Gasteiger partial charge on any atom is 0.304 e. The van der Waals surface area contributed by atoms with Crippen LogP contribution in [0, 0.1) is 5.92 Å². The minimum Gasteiger partial charge on any atom is -0.481 e. The van der Waals surface area contributed by atoms with Crippen molar-refractivity contribution in [2.75, 3.05) is 32.7 Å². The molecule has 0 bridgehead atoms. The molecule has 1 aliphatic carbocycles. The monoisotopic (exact) mass is 254 g/mol. The molecular weight excluding hydrogens is 228 g/mol. The van der Waals surface area contributed by atoms with E-state index >= 15 is 0 Å². The number of rotatable bonds is 6. The zero-order chi connectivity index (χ0) is 13.0. The zero-order valence-electron chi connectivity index (χ0n) is 11.5. The summed E-state index contributed by atoms with van der Waals surface area (Å²) in [7, 11) is 0. The number of carboxylic acid groups (broad SMARTS) is 1. The highest BCUT2D eigenvalue weighted by atomic mass is 16.4. The van der Waals surface area contributed by atoms with Crippen LogP contribution in [-0.2, 0) is 4.79 Å². The smallest absolute Gasteiger partial charge is 0.304 e. The van der Waals surface area contributed by atoms with Gasteiger partial charge in [0.2, 0.25) is 0 Å².